The van der Waals surface area contributed by atoms with Crippen molar-refractivity contribution in [1.82, 2.24) is 15.2 Å². The third-order valence-electron chi connectivity index (χ3n) is 3.41. The standard InChI is InChI=1S/C13H12ClN3O2.CH4/c1-17-12(18)10(16-13(17)19)5-7-6-15-11-8(7)3-2-4-9(11)14;/h2-4,6,10,15H,5H2,1H3,(H,16,19);1H4/t10-;/m1./s1. The third kappa shape index (κ3) is 2.14. The number of para-hydroxylation sites is 1. The number of urea groups is 1. The molecule has 1 fully saturated rings. The zero-order valence-electron chi connectivity index (χ0n) is 10.2. The van der Waals surface area contributed by atoms with Crippen molar-refractivity contribution >= 4 is 34.4 Å². The quantitative estimate of drug-likeness (QED) is 0.836. The van der Waals surface area contributed by atoms with Crippen molar-refractivity contribution in [2.24, 2.45) is 0 Å². The molecule has 5 nitrogen and oxygen atoms in total. The monoisotopic (exact) mass is 293 g/mol. The minimum Gasteiger partial charge on any atom is -0.360 e. The van der Waals surface area contributed by atoms with E-state index in [1.165, 1.54) is 7.05 Å². The van der Waals surface area contributed by atoms with Gasteiger partial charge in [0.15, 0.2) is 0 Å². The van der Waals surface area contributed by atoms with Crippen LogP contribution in [0.3, 0.4) is 0 Å². The van der Waals surface area contributed by atoms with E-state index in [4.69, 9.17) is 11.6 Å². The summed E-state index contributed by atoms with van der Waals surface area (Å²) in [6, 6.07) is 4.75. The van der Waals surface area contributed by atoms with Crippen LogP contribution in [0.15, 0.2) is 24.4 Å². The fourth-order valence-electron chi connectivity index (χ4n) is 2.34. The van der Waals surface area contributed by atoms with Gasteiger partial charge in [-0.1, -0.05) is 31.2 Å². The highest BCUT2D eigenvalue weighted by Crippen LogP contribution is 2.26. The minimum absolute atomic E-state index is 0. The summed E-state index contributed by atoms with van der Waals surface area (Å²) in [5.41, 5.74) is 1.82. The number of amides is 3. The first kappa shape index (κ1) is 14.4. The fraction of sp³-hybridized carbons (Fsp3) is 0.286. The molecule has 6 heteroatoms. The third-order valence-corrected chi connectivity index (χ3v) is 3.72. The molecule has 2 heterocycles. The van der Waals surface area contributed by atoms with E-state index in [2.05, 4.69) is 10.3 Å². The number of aromatic amines is 1. The van der Waals surface area contributed by atoms with Gasteiger partial charge in [-0.3, -0.25) is 9.69 Å². The van der Waals surface area contributed by atoms with Crippen LogP contribution >= 0.6 is 11.6 Å². The lowest BCUT2D eigenvalue weighted by Gasteiger charge is -2.07. The SMILES string of the molecule is C.CN1C(=O)N[C@H](Cc2c[nH]c3c(Cl)cccc23)C1=O. The first-order chi connectivity index (χ1) is 9.08. The summed E-state index contributed by atoms with van der Waals surface area (Å²) in [6.45, 7) is 0. The predicted octanol–water partition coefficient (Wildman–Crippen LogP) is 2.55. The number of fused-ring (bicyclic) bond motifs is 1. The number of halogens is 1. The van der Waals surface area contributed by atoms with Crippen LogP contribution in [0.2, 0.25) is 5.02 Å². The van der Waals surface area contributed by atoms with Crippen LogP contribution in [0.1, 0.15) is 13.0 Å². The second kappa shape index (κ2) is 5.17. The van der Waals surface area contributed by atoms with Gasteiger partial charge >= 0.3 is 6.03 Å². The molecule has 2 aromatic rings. The number of likely N-dealkylation sites (N-methyl/N-ethyl adjacent to an activating group) is 1. The number of hydrogen-bond donors (Lipinski definition) is 2. The second-order valence-corrected chi connectivity index (χ2v) is 4.99. The van der Waals surface area contributed by atoms with E-state index in [9.17, 15) is 9.59 Å². The number of hydrogen-bond acceptors (Lipinski definition) is 2. The molecule has 3 rings (SSSR count). The highest BCUT2D eigenvalue weighted by molar-refractivity contribution is 6.35. The molecular weight excluding hydrogens is 278 g/mol. The van der Waals surface area contributed by atoms with Crippen LogP contribution in [0, 0.1) is 0 Å². The summed E-state index contributed by atoms with van der Waals surface area (Å²) in [6.07, 6.45) is 2.28. The van der Waals surface area contributed by atoms with Crippen LogP contribution in [-0.4, -0.2) is 34.9 Å². The number of carbonyl (C=O) groups is 2. The van der Waals surface area contributed by atoms with E-state index in [1.54, 1.807) is 6.07 Å². The number of benzene rings is 1. The van der Waals surface area contributed by atoms with E-state index in [-0.39, 0.29) is 19.4 Å². The van der Waals surface area contributed by atoms with E-state index in [1.807, 2.05) is 18.3 Å². The van der Waals surface area contributed by atoms with Crippen LogP contribution in [-0.2, 0) is 11.2 Å². The van der Waals surface area contributed by atoms with Gasteiger partial charge in [0.2, 0.25) is 0 Å². The van der Waals surface area contributed by atoms with Crippen molar-refractivity contribution in [3.8, 4) is 0 Å². The Labute approximate surface area is 121 Å². The molecular formula is C14H16ClN3O2. The van der Waals surface area contributed by atoms with E-state index in [0.717, 1.165) is 21.4 Å². The largest absolute Gasteiger partial charge is 0.360 e. The van der Waals surface area contributed by atoms with E-state index < -0.39 is 6.04 Å². The zero-order valence-corrected chi connectivity index (χ0v) is 11.0. The van der Waals surface area contributed by atoms with Gasteiger partial charge < -0.3 is 10.3 Å². The maximum atomic E-state index is 11.9. The molecule has 3 amide bonds. The number of rotatable bonds is 2. The Bertz CT molecular complexity index is 680. The van der Waals surface area contributed by atoms with Crippen molar-refractivity contribution in [3.63, 3.8) is 0 Å². The number of imide groups is 1. The molecule has 1 aromatic carbocycles. The van der Waals surface area contributed by atoms with Crippen molar-refractivity contribution in [2.45, 2.75) is 19.9 Å². The predicted molar refractivity (Wildman–Crippen MR) is 78.8 cm³/mol. The summed E-state index contributed by atoms with van der Waals surface area (Å²) in [7, 11) is 1.48. The Hall–Kier alpha value is -2.01. The molecule has 1 atom stereocenters. The van der Waals surface area contributed by atoms with Gasteiger partial charge in [0.1, 0.15) is 6.04 Å². The molecule has 1 aliphatic heterocycles. The van der Waals surface area contributed by atoms with Gasteiger partial charge in [0.05, 0.1) is 10.5 Å². The zero-order chi connectivity index (χ0) is 13.6. The Balaban J connectivity index is 0.00000147. The summed E-state index contributed by atoms with van der Waals surface area (Å²) < 4.78 is 0. The molecule has 0 spiro atoms. The van der Waals surface area contributed by atoms with Crippen LogP contribution in [0.25, 0.3) is 10.9 Å². The number of H-pyrrole nitrogens is 1. The van der Waals surface area contributed by atoms with Gasteiger partial charge in [-0.25, -0.2) is 4.79 Å². The van der Waals surface area contributed by atoms with Crippen LogP contribution in [0.4, 0.5) is 4.79 Å². The van der Waals surface area contributed by atoms with Gasteiger partial charge in [-0.2, -0.15) is 0 Å². The van der Waals surface area contributed by atoms with E-state index >= 15 is 0 Å². The van der Waals surface area contributed by atoms with Crippen molar-refractivity contribution in [1.29, 1.82) is 0 Å². The number of carbonyl (C=O) groups excluding carboxylic acids is 2. The molecule has 0 bridgehead atoms. The smallest absolute Gasteiger partial charge is 0.324 e. The summed E-state index contributed by atoms with van der Waals surface area (Å²) in [5.74, 6) is -0.207. The first-order valence-corrected chi connectivity index (χ1v) is 6.28. The molecule has 1 aliphatic rings. The van der Waals surface area contributed by atoms with Gasteiger partial charge in [-0.15, -0.1) is 0 Å². The Morgan fingerprint density at radius 3 is 2.75 bits per heavy atom. The van der Waals surface area contributed by atoms with Gasteiger partial charge in [0, 0.05) is 25.1 Å². The van der Waals surface area contributed by atoms with Crippen LogP contribution < -0.4 is 5.32 Å². The Morgan fingerprint density at radius 1 is 1.35 bits per heavy atom. The highest BCUT2D eigenvalue weighted by atomic mass is 35.5. The van der Waals surface area contributed by atoms with Crippen molar-refractivity contribution < 1.29 is 9.59 Å². The second-order valence-electron chi connectivity index (χ2n) is 4.58. The molecule has 0 saturated carbocycles. The number of nitrogens with one attached hydrogen (secondary N) is 2. The highest BCUT2D eigenvalue weighted by Gasteiger charge is 2.35. The molecule has 1 saturated heterocycles. The minimum atomic E-state index is -0.504. The lowest BCUT2D eigenvalue weighted by molar-refractivity contribution is -0.126. The van der Waals surface area contributed by atoms with E-state index in [0.29, 0.717) is 11.4 Å². The molecule has 0 aliphatic carbocycles. The normalized spacial score (nSPS) is 18.3. The molecule has 2 N–H and O–H groups in total. The Morgan fingerprint density at radius 2 is 2.10 bits per heavy atom. The lowest BCUT2D eigenvalue weighted by Crippen LogP contribution is -2.31. The lowest BCUT2D eigenvalue weighted by atomic mass is 10.1. The van der Waals surface area contributed by atoms with Crippen molar-refractivity contribution in [3.05, 3.63) is 35.0 Å². The summed E-state index contributed by atoms with van der Waals surface area (Å²) in [4.78, 5) is 27.5. The maximum absolute atomic E-state index is 11.9. The van der Waals surface area contributed by atoms with Gasteiger partial charge in [-0.05, 0) is 11.6 Å². The average molecular weight is 294 g/mol. The molecule has 0 unspecified atom stereocenters. The maximum Gasteiger partial charge on any atom is 0.324 e. The number of nitrogens with zero attached hydrogens (tertiary/aromatic N) is 1. The average Bonchev–Trinajstić information content (AvgIpc) is 2.90. The van der Waals surface area contributed by atoms with Crippen molar-refractivity contribution in [2.75, 3.05) is 7.05 Å². The molecule has 106 valence electrons. The fourth-order valence-corrected chi connectivity index (χ4v) is 2.57. The summed E-state index contributed by atoms with van der Waals surface area (Å²) >= 11 is 6.09. The first-order valence-electron chi connectivity index (χ1n) is 5.90. The topological polar surface area (TPSA) is 65.2 Å². The summed E-state index contributed by atoms with van der Waals surface area (Å²) in [5, 5.41) is 4.28. The molecule has 20 heavy (non-hydrogen) atoms. The Kier molecular flexibility index (Phi) is 3.72. The number of aromatic nitrogens is 1. The van der Waals surface area contributed by atoms with Gasteiger partial charge in [0.25, 0.3) is 5.91 Å². The molecule has 0 radical (unpaired) electrons. The molecule has 1 aromatic heterocycles. The van der Waals surface area contributed by atoms with Crippen LogP contribution in [0.5, 0.6) is 0 Å².